The van der Waals surface area contributed by atoms with Crippen molar-refractivity contribution in [2.75, 3.05) is 45.3 Å². The third-order valence-electron chi connectivity index (χ3n) is 5.21. The molecule has 3 aromatic rings. The van der Waals surface area contributed by atoms with E-state index in [2.05, 4.69) is 20.1 Å². The zero-order valence-corrected chi connectivity index (χ0v) is 18.0. The maximum Gasteiger partial charge on any atom is 0.257 e. The van der Waals surface area contributed by atoms with Gasteiger partial charge in [-0.15, -0.1) is 10.2 Å². The Hall–Kier alpha value is -3.39. The summed E-state index contributed by atoms with van der Waals surface area (Å²) >= 11 is 6.06. The van der Waals surface area contributed by atoms with Crippen LogP contribution in [0.15, 0.2) is 48.7 Å². The maximum atomic E-state index is 12.7. The van der Waals surface area contributed by atoms with Gasteiger partial charge in [-0.25, -0.2) is 4.98 Å². The zero-order valence-electron chi connectivity index (χ0n) is 17.3. The van der Waals surface area contributed by atoms with Crippen molar-refractivity contribution in [2.45, 2.75) is 0 Å². The zero-order chi connectivity index (χ0) is 21.8. The van der Waals surface area contributed by atoms with Gasteiger partial charge >= 0.3 is 0 Å². The van der Waals surface area contributed by atoms with Gasteiger partial charge in [0.1, 0.15) is 16.7 Å². The molecule has 0 atom stereocenters. The van der Waals surface area contributed by atoms with Gasteiger partial charge in [0.05, 0.1) is 25.5 Å². The van der Waals surface area contributed by atoms with Crippen LogP contribution in [0, 0.1) is 0 Å². The van der Waals surface area contributed by atoms with E-state index in [4.69, 9.17) is 21.1 Å². The molecule has 1 aliphatic heterocycles. The molecule has 0 saturated carbocycles. The van der Waals surface area contributed by atoms with E-state index in [1.165, 1.54) is 0 Å². The Morgan fingerprint density at radius 3 is 2.45 bits per heavy atom. The molecule has 0 aliphatic carbocycles. The third-order valence-corrected chi connectivity index (χ3v) is 5.51. The van der Waals surface area contributed by atoms with Crippen LogP contribution in [0.1, 0.15) is 10.4 Å². The van der Waals surface area contributed by atoms with E-state index in [1.807, 2.05) is 30.3 Å². The van der Waals surface area contributed by atoms with Gasteiger partial charge in [-0.2, -0.15) is 0 Å². The second-order valence-electron chi connectivity index (χ2n) is 6.96. The van der Waals surface area contributed by atoms with Gasteiger partial charge in [-0.1, -0.05) is 11.6 Å². The third kappa shape index (κ3) is 4.39. The van der Waals surface area contributed by atoms with E-state index in [0.29, 0.717) is 43.2 Å². The van der Waals surface area contributed by atoms with Crippen LogP contribution in [0.3, 0.4) is 0 Å². The summed E-state index contributed by atoms with van der Waals surface area (Å²) in [5.41, 5.74) is 1.93. The highest BCUT2D eigenvalue weighted by atomic mass is 35.5. The van der Waals surface area contributed by atoms with Crippen molar-refractivity contribution in [3.8, 4) is 22.8 Å². The molecule has 160 valence electrons. The molecule has 1 fully saturated rings. The van der Waals surface area contributed by atoms with Gasteiger partial charge in [-0.3, -0.25) is 4.79 Å². The molecule has 0 spiro atoms. The molecule has 31 heavy (non-hydrogen) atoms. The van der Waals surface area contributed by atoms with Crippen LogP contribution >= 0.6 is 11.6 Å². The number of methoxy groups -OCH3 is 2. The van der Waals surface area contributed by atoms with Crippen LogP contribution in [0.2, 0.25) is 5.15 Å². The average Bonchev–Trinajstić information content (AvgIpc) is 2.83. The number of rotatable bonds is 5. The number of carbonyl (C=O) groups excluding carboxylic acids is 1. The first-order valence-corrected chi connectivity index (χ1v) is 10.2. The Morgan fingerprint density at radius 2 is 1.81 bits per heavy atom. The lowest BCUT2D eigenvalue weighted by molar-refractivity contribution is 0.0746. The smallest absolute Gasteiger partial charge is 0.257 e. The molecule has 1 aromatic carbocycles. The minimum atomic E-state index is -0.107. The van der Waals surface area contributed by atoms with E-state index < -0.39 is 0 Å². The molecule has 3 heterocycles. The molecule has 1 amide bonds. The van der Waals surface area contributed by atoms with Gasteiger partial charge < -0.3 is 19.3 Å². The van der Waals surface area contributed by atoms with Crippen LogP contribution < -0.4 is 14.4 Å². The molecule has 1 saturated heterocycles. The fourth-order valence-electron chi connectivity index (χ4n) is 3.51. The van der Waals surface area contributed by atoms with Gasteiger partial charge in [0.15, 0.2) is 5.82 Å². The van der Waals surface area contributed by atoms with Crippen LogP contribution in [0.25, 0.3) is 11.3 Å². The van der Waals surface area contributed by atoms with Crippen molar-refractivity contribution in [3.63, 3.8) is 0 Å². The topological polar surface area (TPSA) is 80.7 Å². The number of piperazine rings is 1. The fraction of sp³-hybridized carbons (Fsp3) is 0.273. The monoisotopic (exact) mass is 439 g/mol. The molecule has 9 heteroatoms. The predicted molar refractivity (Wildman–Crippen MR) is 118 cm³/mol. The van der Waals surface area contributed by atoms with E-state index in [1.54, 1.807) is 37.4 Å². The molecular formula is C22H22ClN5O3. The summed E-state index contributed by atoms with van der Waals surface area (Å²) in [6.45, 7) is 2.44. The normalized spacial score (nSPS) is 13.8. The van der Waals surface area contributed by atoms with E-state index in [9.17, 15) is 4.79 Å². The average molecular weight is 440 g/mol. The number of amides is 1. The summed E-state index contributed by atoms with van der Waals surface area (Å²) in [5.74, 6) is 2.07. The second kappa shape index (κ2) is 9.18. The Kier molecular flexibility index (Phi) is 6.18. The maximum absolute atomic E-state index is 12.7. The molecular weight excluding hydrogens is 418 g/mol. The summed E-state index contributed by atoms with van der Waals surface area (Å²) in [6, 6.07) is 12.8. The summed E-state index contributed by atoms with van der Waals surface area (Å²) in [7, 11) is 3.24. The number of carbonyl (C=O) groups is 1. The van der Waals surface area contributed by atoms with E-state index in [0.717, 1.165) is 17.1 Å². The van der Waals surface area contributed by atoms with Crippen molar-refractivity contribution in [2.24, 2.45) is 0 Å². The Bertz CT molecular complexity index is 1070. The number of ether oxygens (including phenoxy) is 2. The van der Waals surface area contributed by atoms with Crippen molar-refractivity contribution in [1.82, 2.24) is 20.1 Å². The number of anilines is 1. The lowest BCUT2D eigenvalue weighted by atomic mass is 10.1. The standard InChI is InChI=1S/C22H22ClN5O3/c1-30-15-5-7-19(31-2)17(14-15)18-6-8-20(26-25-18)27-10-12-28(13-11-27)22(29)16-4-3-9-24-21(16)23/h3-9,14H,10-13H2,1-2H3. The molecule has 0 N–H and O–H groups in total. The lowest BCUT2D eigenvalue weighted by Crippen LogP contribution is -2.49. The largest absolute Gasteiger partial charge is 0.497 e. The summed E-state index contributed by atoms with van der Waals surface area (Å²) in [5, 5.41) is 9.01. The SMILES string of the molecule is COc1ccc(OC)c(-c2ccc(N3CCN(C(=O)c4cccnc4Cl)CC3)nn2)c1. The van der Waals surface area contributed by atoms with Gasteiger partial charge in [-0.05, 0) is 42.5 Å². The summed E-state index contributed by atoms with van der Waals surface area (Å²) in [4.78, 5) is 20.6. The molecule has 2 aromatic heterocycles. The highest BCUT2D eigenvalue weighted by Crippen LogP contribution is 2.32. The first kappa shape index (κ1) is 20.9. The molecule has 8 nitrogen and oxygen atoms in total. The van der Waals surface area contributed by atoms with Crippen LogP contribution in [0.5, 0.6) is 11.5 Å². The minimum Gasteiger partial charge on any atom is -0.497 e. The van der Waals surface area contributed by atoms with Crippen molar-refractivity contribution >= 4 is 23.3 Å². The molecule has 0 radical (unpaired) electrons. The molecule has 4 rings (SSSR count). The van der Waals surface area contributed by atoms with Crippen LogP contribution in [0.4, 0.5) is 5.82 Å². The van der Waals surface area contributed by atoms with Crippen LogP contribution in [-0.4, -0.2) is 66.4 Å². The van der Waals surface area contributed by atoms with E-state index >= 15 is 0 Å². The number of hydrogen-bond donors (Lipinski definition) is 0. The predicted octanol–water partition coefficient (Wildman–Crippen LogP) is 3.17. The van der Waals surface area contributed by atoms with E-state index in [-0.39, 0.29) is 11.1 Å². The highest BCUT2D eigenvalue weighted by molar-refractivity contribution is 6.32. The molecule has 1 aliphatic rings. The van der Waals surface area contributed by atoms with Gasteiger partial charge in [0.2, 0.25) is 0 Å². The summed E-state index contributed by atoms with van der Waals surface area (Å²) in [6.07, 6.45) is 1.57. The van der Waals surface area contributed by atoms with Crippen molar-refractivity contribution in [3.05, 3.63) is 59.4 Å². The van der Waals surface area contributed by atoms with Gasteiger partial charge in [0, 0.05) is 37.9 Å². The molecule has 0 unspecified atom stereocenters. The second-order valence-corrected chi connectivity index (χ2v) is 7.32. The molecule has 0 bridgehead atoms. The first-order chi connectivity index (χ1) is 15.1. The Balaban J connectivity index is 1.44. The highest BCUT2D eigenvalue weighted by Gasteiger charge is 2.24. The van der Waals surface area contributed by atoms with Crippen molar-refractivity contribution < 1.29 is 14.3 Å². The Morgan fingerprint density at radius 1 is 1.00 bits per heavy atom. The Labute approximate surface area is 185 Å². The summed E-state index contributed by atoms with van der Waals surface area (Å²) < 4.78 is 10.7. The minimum absolute atomic E-state index is 0.107. The number of nitrogens with zero attached hydrogens (tertiary/aromatic N) is 5. The van der Waals surface area contributed by atoms with Crippen molar-refractivity contribution in [1.29, 1.82) is 0 Å². The number of pyridine rings is 1. The lowest BCUT2D eigenvalue weighted by Gasteiger charge is -2.35. The number of benzene rings is 1. The number of aromatic nitrogens is 3. The number of hydrogen-bond acceptors (Lipinski definition) is 7. The number of halogens is 1. The quantitative estimate of drug-likeness (QED) is 0.565. The van der Waals surface area contributed by atoms with Crippen LogP contribution in [-0.2, 0) is 0 Å². The van der Waals surface area contributed by atoms with Gasteiger partial charge in [0.25, 0.3) is 5.91 Å². The first-order valence-electron chi connectivity index (χ1n) is 9.81. The fourth-order valence-corrected chi connectivity index (χ4v) is 3.71.